The molecule has 0 radical (unpaired) electrons. The van der Waals surface area contributed by atoms with Gasteiger partial charge >= 0.3 is 6.03 Å². The number of nitriles is 1. The van der Waals surface area contributed by atoms with Crippen LogP contribution in [0.5, 0.6) is 0 Å². The number of hydrogen-bond acceptors (Lipinski definition) is 5. The number of nitrogens with one attached hydrogen (secondary N) is 2. The molecular weight excluding hydrogens is 414 g/mol. The number of para-hydroxylation sites is 1. The molecule has 0 spiro atoms. The van der Waals surface area contributed by atoms with Gasteiger partial charge in [0.05, 0.1) is 17.3 Å². The van der Waals surface area contributed by atoms with E-state index < -0.39 is 35.7 Å². The minimum absolute atomic E-state index is 0.162. The molecule has 30 heavy (non-hydrogen) atoms. The molecule has 1 unspecified atom stereocenters. The Kier molecular flexibility index (Phi) is 6.03. The molecule has 4 amide bonds. The largest absolute Gasteiger partial charge is 0.325 e. The highest BCUT2D eigenvalue weighted by atomic mass is 32.2. The van der Waals surface area contributed by atoms with Crippen LogP contribution in [0.25, 0.3) is 0 Å². The van der Waals surface area contributed by atoms with E-state index in [0.29, 0.717) is 11.1 Å². The van der Waals surface area contributed by atoms with Gasteiger partial charge in [-0.25, -0.2) is 4.79 Å². The Morgan fingerprint density at radius 3 is 2.53 bits per heavy atom. The van der Waals surface area contributed by atoms with Crippen LogP contribution in [-0.2, 0) is 15.1 Å². The normalized spacial score (nSPS) is 18.3. The zero-order valence-electron chi connectivity index (χ0n) is 15.7. The third-order valence-corrected chi connectivity index (χ3v) is 5.33. The van der Waals surface area contributed by atoms with Gasteiger partial charge in [-0.2, -0.15) is 14.0 Å². The van der Waals surface area contributed by atoms with Crippen LogP contribution in [0.3, 0.4) is 0 Å². The minimum Gasteiger partial charge on any atom is -0.324 e. The van der Waals surface area contributed by atoms with Crippen molar-refractivity contribution in [3.8, 4) is 6.07 Å². The average Bonchev–Trinajstić information content (AvgIpc) is 2.93. The van der Waals surface area contributed by atoms with Crippen molar-refractivity contribution in [3.05, 3.63) is 59.7 Å². The standard InChI is InChI=1S/C20H16F2N4O3S/c1-20(13-8-6-12(10-23)7-9-13)17(28)26(19(29)25-20)11-16(27)24-14-4-2-3-5-15(14)30-18(21)22/h2-9,18H,11H2,1H3,(H,24,27)(H,25,29). The number of carbonyl (C=O) groups excluding carboxylic acids is 3. The van der Waals surface area contributed by atoms with Crippen molar-refractivity contribution in [2.45, 2.75) is 23.1 Å². The quantitative estimate of drug-likeness (QED) is 0.541. The molecule has 1 aliphatic rings. The van der Waals surface area contributed by atoms with Crippen molar-refractivity contribution >= 4 is 35.3 Å². The molecule has 2 N–H and O–H groups in total. The van der Waals surface area contributed by atoms with E-state index >= 15 is 0 Å². The first-order chi connectivity index (χ1) is 14.2. The van der Waals surface area contributed by atoms with Gasteiger partial charge in [-0.1, -0.05) is 36.0 Å². The van der Waals surface area contributed by atoms with E-state index in [2.05, 4.69) is 10.6 Å². The van der Waals surface area contributed by atoms with Gasteiger partial charge in [0, 0.05) is 4.90 Å². The van der Waals surface area contributed by atoms with Crippen molar-refractivity contribution in [1.29, 1.82) is 5.26 Å². The van der Waals surface area contributed by atoms with Crippen molar-refractivity contribution in [2.24, 2.45) is 0 Å². The first-order valence-corrected chi connectivity index (χ1v) is 9.61. The summed E-state index contributed by atoms with van der Waals surface area (Å²) < 4.78 is 25.4. The Morgan fingerprint density at radius 2 is 1.90 bits per heavy atom. The van der Waals surface area contributed by atoms with E-state index in [-0.39, 0.29) is 22.3 Å². The van der Waals surface area contributed by atoms with Gasteiger partial charge < -0.3 is 10.6 Å². The summed E-state index contributed by atoms with van der Waals surface area (Å²) in [5, 5.41) is 13.9. The molecule has 0 saturated carbocycles. The highest BCUT2D eigenvalue weighted by molar-refractivity contribution is 7.99. The molecule has 154 valence electrons. The lowest BCUT2D eigenvalue weighted by Gasteiger charge is -2.22. The number of carbonyl (C=O) groups is 3. The topological polar surface area (TPSA) is 102 Å². The zero-order chi connectivity index (χ0) is 21.9. The second-order valence-corrected chi connectivity index (χ2v) is 7.59. The lowest BCUT2D eigenvalue weighted by atomic mass is 9.91. The SMILES string of the molecule is CC1(c2ccc(C#N)cc2)NC(=O)N(CC(=O)Nc2ccccc2SC(F)F)C1=O. The number of anilines is 1. The number of imide groups is 1. The summed E-state index contributed by atoms with van der Waals surface area (Å²) in [6.45, 7) is 0.922. The fraction of sp³-hybridized carbons (Fsp3) is 0.200. The van der Waals surface area contributed by atoms with Gasteiger partial charge in [0.15, 0.2) is 0 Å². The molecule has 1 heterocycles. The summed E-state index contributed by atoms with van der Waals surface area (Å²) in [6, 6.07) is 13.4. The number of halogens is 2. The maximum Gasteiger partial charge on any atom is 0.325 e. The van der Waals surface area contributed by atoms with Crippen LogP contribution in [0.15, 0.2) is 53.4 Å². The Morgan fingerprint density at radius 1 is 1.23 bits per heavy atom. The van der Waals surface area contributed by atoms with Gasteiger partial charge in [-0.15, -0.1) is 0 Å². The summed E-state index contributed by atoms with van der Waals surface area (Å²) in [7, 11) is 0. The molecule has 1 fully saturated rings. The lowest BCUT2D eigenvalue weighted by molar-refractivity contribution is -0.133. The molecule has 1 aliphatic heterocycles. The number of nitrogens with zero attached hydrogens (tertiary/aromatic N) is 2. The highest BCUT2D eigenvalue weighted by Gasteiger charge is 2.49. The molecule has 3 rings (SSSR count). The maximum atomic E-state index is 12.9. The summed E-state index contributed by atoms with van der Waals surface area (Å²) in [6.07, 6.45) is 0. The molecule has 0 aliphatic carbocycles. The molecule has 7 nitrogen and oxygen atoms in total. The highest BCUT2D eigenvalue weighted by Crippen LogP contribution is 2.32. The predicted octanol–water partition coefficient (Wildman–Crippen LogP) is 3.28. The fourth-order valence-electron chi connectivity index (χ4n) is 3.02. The first kappa shape index (κ1) is 21.3. The number of thioether (sulfide) groups is 1. The monoisotopic (exact) mass is 430 g/mol. The number of rotatable bonds is 6. The van der Waals surface area contributed by atoms with Gasteiger partial charge in [0.2, 0.25) is 5.91 Å². The number of hydrogen-bond donors (Lipinski definition) is 2. The third kappa shape index (κ3) is 4.26. The van der Waals surface area contributed by atoms with E-state index in [4.69, 9.17) is 5.26 Å². The summed E-state index contributed by atoms with van der Waals surface area (Å²) >= 11 is 0.280. The number of amides is 4. The van der Waals surface area contributed by atoms with Gasteiger partial charge in [-0.05, 0) is 36.8 Å². The third-order valence-electron chi connectivity index (χ3n) is 4.55. The minimum atomic E-state index is -2.66. The predicted molar refractivity (Wildman–Crippen MR) is 106 cm³/mol. The second-order valence-electron chi connectivity index (χ2n) is 6.56. The van der Waals surface area contributed by atoms with Gasteiger partial charge in [0.1, 0.15) is 12.1 Å². The Labute approximate surface area is 175 Å². The van der Waals surface area contributed by atoms with Crippen LogP contribution in [0.4, 0.5) is 19.3 Å². The summed E-state index contributed by atoms with van der Waals surface area (Å²) in [5.41, 5.74) is -0.374. The zero-order valence-corrected chi connectivity index (χ0v) is 16.5. The molecule has 0 aromatic heterocycles. The van der Waals surface area contributed by atoms with Gasteiger partial charge in [0.25, 0.3) is 11.7 Å². The van der Waals surface area contributed by atoms with E-state index in [0.717, 1.165) is 4.90 Å². The van der Waals surface area contributed by atoms with Crippen LogP contribution in [0.2, 0.25) is 0 Å². The summed E-state index contributed by atoms with van der Waals surface area (Å²) in [5.74, 6) is -4.00. The van der Waals surface area contributed by atoms with E-state index in [9.17, 15) is 23.2 Å². The molecule has 1 saturated heterocycles. The lowest BCUT2D eigenvalue weighted by Crippen LogP contribution is -2.42. The van der Waals surface area contributed by atoms with Gasteiger partial charge in [-0.3, -0.25) is 14.5 Å². The van der Waals surface area contributed by atoms with E-state index in [1.165, 1.54) is 31.2 Å². The smallest absolute Gasteiger partial charge is 0.324 e. The second kappa shape index (κ2) is 8.51. The van der Waals surface area contributed by atoms with Crippen molar-refractivity contribution in [2.75, 3.05) is 11.9 Å². The number of urea groups is 1. The molecular formula is C20H16F2N4O3S. The Hall–Kier alpha value is -3.45. The Balaban J connectivity index is 1.74. The molecule has 2 aromatic rings. The number of alkyl halides is 2. The van der Waals surface area contributed by atoms with Crippen molar-refractivity contribution < 1.29 is 23.2 Å². The molecule has 10 heteroatoms. The Bertz CT molecular complexity index is 1040. The van der Waals surface area contributed by atoms with Crippen LogP contribution in [0.1, 0.15) is 18.1 Å². The average molecular weight is 430 g/mol. The van der Waals surface area contributed by atoms with E-state index in [1.807, 2.05) is 6.07 Å². The van der Waals surface area contributed by atoms with Crippen LogP contribution in [0, 0.1) is 11.3 Å². The fourth-order valence-corrected chi connectivity index (χ4v) is 3.61. The molecule has 0 bridgehead atoms. The molecule has 2 aromatic carbocycles. The molecule has 1 atom stereocenters. The van der Waals surface area contributed by atoms with E-state index in [1.54, 1.807) is 24.3 Å². The van der Waals surface area contributed by atoms with Crippen molar-refractivity contribution in [1.82, 2.24) is 10.2 Å². The van der Waals surface area contributed by atoms with Crippen LogP contribution >= 0.6 is 11.8 Å². The van der Waals surface area contributed by atoms with Crippen molar-refractivity contribution in [3.63, 3.8) is 0 Å². The summed E-state index contributed by atoms with van der Waals surface area (Å²) in [4.78, 5) is 38.6. The first-order valence-electron chi connectivity index (χ1n) is 8.73. The van der Waals surface area contributed by atoms with Crippen LogP contribution < -0.4 is 10.6 Å². The maximum absolute atomic E-state index is 12.9. The van der Waals surface area contributed by atoms with Crippen LogP contribution in [-0.4, -0.2) is 35.0 Å². The number of benzene rings is 2.